The van der Waals surface area contributed by atoms with Gasteiger partial charge in [0.05, 0.1) is 22.5 Å². The summed E-state index contributed by atoms with van der Waals surface area (Å²) in [6.07, 6.45) is 7.02. The minimum Gasteiger partial charge on any atom is -0.340 e. The fraction of sp³-hybridized carbons (Fsp3) is 0.385. The molecule has 78 valence electrons. The van der Waals surface area contributed by atoms with E-state index in [-0.39, 0.29) is 11.0 Å². The maximum Gasteiger partial charge on any atom is 0.0881 e. The Morgan fingerprint density at radius 3 is 2.88 bits per heavy atom. The SMILES string of the molecule is N#CC12CC(n3ccc4ncccc43)(C1)C2. The second-order valence-corrected chi connectivity index (χ2v) is 5.24. The molecule has 0 radical (unpaired) electrons. The van der Waals surface area contributed by atoms with E-state index >= 15 is 0 Å². The van der Waals surface area contributed by atoms with E-state index in [0.717, 1.165) is 24.8 Å². The van der Waals surface area contributed by atoms with Crippen LogP contribution in [0.4, 0.5) is 0 Å². The topological polar surface area (TPSA) is 41.6 Å². The largest absolute Gasteiger partial charge is 0.340 e. The Hall–Kier alpha value is -1.82. The number of hydrogen-bond donors (Lipinski definition) is 0. The molecule has 3 fully saturated rings. The molecule has 5 rings (SSSR count). The van der Waals surface area contributed by atoms with Crippen LogP contribution in [0.5, 0.6) is 0 Å². The Morgan fingerprint density at radius 2 is 2.12 bits per heavy atom. The molecule has 3 nitrogen and oxygen atoms in total. The second-order valence-electron chi connectivity index (χ2n) is 5.24. The van der Waals surface area contributed by atoms with E-state index in [4.69, 9.17) is 5.26 Å². The van der Waals surface area contributed by atoms with E-state index in [1.807, 2.05) is 12.3 Å². The van der Waals surface area contributed by atoms with Gasteiger partial charge in [-0.15, -0.1) is 0 Å². The molecular formula is C13H11N3. The van der Waals surface area contributed by atoms with Gasteiger partial charge < -0.3 is 4.57 Å². The van der Waals surface area contributed by atoms with Crippen LogP contribution >= 0.6 is 0 Å². The molecular weight excluding hydrogens is 198 g/mol. The van der Waals surface area contributed by atoms with Crippen LogP contribution in [-0.2, 0) is 5.54 Å². The number of aromatic nitrogens is 2. The Bertz CT molecular complexity index is 612. The van der Waals surface area contributed by atoms with Crippen LogP contribution in [0.2, 0.25) is 0 Å². The van der Waals surface area contributed by atoms with Gasteiger partial charge in [-0.05, 0) is 37.5 Å². The van der Waals surface area contributed by atoms with Gasteiger partial charge in [-0.3, -0.25) is 4.98 Å². The molecule has 0 N–H and O–H groups in total. The van der Waals surface area contributed by atoms with Crippen LogP contribution < -0.4 is 0 Å². The second kappa shape index (κ2) is 2.30. The van der Waals surface area contributed by atoms with Crippen LogP contribution in [0.25, 0.3) is 11.0 Å². The first-order valence-corrected chi connectivity index (χ1v) is 5.61. The number of fused-ring (bicyclic) bond motifs is 1. The van der Waals surface area contributed by atoms with Crippen molar-refractivity contribution in [1.29, 1.82) is 5.26 Å². The lowest BCUT2D eigenvalue weighted by Gasteiger charge is -2.67. The van der Waals surface area contributed by atoms with E-state index in [9.17, 15) is 0 Å². The molecule has 2 aromatic heterocycles. The van der Waals surface area contributed by atoms with Crippen molar-refractivity contribution in [3.63, 3.8) is 0 Å². The third-order valence-electron chi connectivity index (χ3n) is 4.21. The van der Waals surface area contributed by atoms with Crippen molar-refractivity contribution < 1.29 is 0 Å². The van der Waals surface area contributed by atoms with E-state index in [1.165, 1.54) is 5.52 Å². The number of nitriles is 1. The highest BCUT2D eigenvalue weighted by Crippen LogP contribution is 2.71. The van der Waals surface area contributed by atoms with E-state index in [1.54, 1.807) is 0 Å². The molecule has 2 heterocycles. The maximum absolute atomic E-state index is 9.04. The van der Waals surface area contributed by atoms with Crippen LogP contribution in [0.15, 0.2) is 30.6 Å². The molecule has 3 saturated carbocycles. The molecule has 0 amide bonds. The molecule has 0 unspecified atom stereocenters. The lowest BCUT2D eigenvalue weighted by atomic mass is 9.40. The monoisotopic (exact) mass is 209 g/mol. The van der Waals surface area contributed by atoms with Crippen molar-refractivity contribution in [2.24, 2.45) is 5.41 Å². The first-order valence-electron chi connectivity index (χ1n) is 5.61. The number of hydrogen-bond acceptors (Lipinski definition) is 2. The molecule has 0 spiro atoms. The molecule has 3 aliphatic carbocycles. The number of nitrogens with zero attached hydrogens (tertiary/aromatic N) is 3. The van der Waals surface area contributed by atoms with Gasteiger partial charge >= 0.3 is 0 Å². The van der Waals surface area contributed by atoms with Gasteiger partial charge in [0.1, 0.15) is 0 Å². The molecule has 3 aliphatic rings. The third-order valence-corrected chi connectivity index (χ3v) is 4.21. The zero-order chi connectivity index (χ0) is 10.8. The lowest BCUT2D eigenvalue weighted by molar-refractivity contribution is -0.143. The minimum absolute atomic E-state index is 0.0127. The third kappa shape index (κ3) is 0.746. The van der Waals surface area contributed by atoms with Gasteiger partial charge in [-0.1, -0.05) is 0 Å². The maximum atomic E-state index is 9.04. The van der Waals surface area contributed by atoms with Crippen molar-refractivity contribution in [2.45, 2.75) is 24.8 Å². The molecule has 2 aromatic rings. The zero-order valence-electron chi connectivity index (χ0n) is 8.85. The highest BCUT2D eigenvalue weighted by atomic mass is 15.1. The van der Waals surface area contributed by atoms with Gasteiger partial charge in [0.15, 0.2) is 0 Å². The van der Waals surface area contributed by atoms with Crippen molar-refractivity contribution in [1.82, 2.24) is 9.55 Å². The van der Waals surface area contributed by atoms with Crippen LogP contribution in [0, 0.1) is 16.7 Å². The lowest BCUT2D eigenvalue weighted by Crippen LogP contribution is -2.66. The highest BCUT2D eigenvalue weighted by Gasteiger charge is 2.69. The van der Waals surface area contributed by atoms with Gasteiger partial charge in [0, 0.05) is 17.9 Å². The summed E-state index contributed by atoms with van der Waals surface area (Å²) in [5.41, 5.74) is 2.51. The standard InChI is InChI=1S/C13H11N3/c14-9-12-6-13(7-12,8-12)16-5-3-10-11(16)2-1-4-15-10/h1-5H,6-8H2. The molecule has 0 atom stereocenters. The summed E-state index contributed by atoms with van der Waals surface area (Å²) < 4.78 is 2.33. The van der Waals surface area contributed by atoms with Gasteiger partial charge in [0.25, 0.3) is 0 Å². The summed E-state index contributed by atoms with van der Waals surface area (Å²) in [5, 5.41) is 9.04. The average molecular weight is 209 g/mol. The van der Waals surface area contributed by atoms with Gasteiger partial charge in [-0.2, -0.15) is 5.26 Å². The normalized spacial score (nSPS) is 35.2. The van der Waals surface area contributed by atoms with Crippen LogP contribution in [0.1, 0.15) is 19.3 Å². The smallest absolute Gasteiger partial charge is 0.0881 e. The highest BCUT2D eigenvalue weighted by molar-refractivity contribution is 5.76. The average Bonchev–Trinajstić information content (AvgIpc) is 2.60. The Balaban J connectivity index is 1.83. The fourth-order valence-electron chi connectivity index (χ4n) is 3.49. The van der Waals surface area contributed by atoms with Crippen LogP contribution in [0.3, 0.4) is 0 Å². The molecule has 3 heteroatoms. The van der Waals surface area contributed by atoms with E-state index in [2.05, 4.69) is 33.9 Å². The minimum atomic E-state index is 0.0127. The Morgan fingerprint density at radius 1 is 1.31 bits per heavy atom. The molecule has 0 saturated heterocycles. The van der Waals surface area contributed by atoms with Crippen molar-refractivity contribution in [2.75, 3.05) is 0 Å². The number of pyridine rings is 1. The molecule has 0 aliphatic heterocycles. The summed E-state index contributed by atoms with van der Waals surface area (Å²) >= 11 is 0. The quantitative estimate of drug-likeness (QED) is 0.723. The van der Waals surface area contributed by atoms with Crippen LogP contribution in [-0.4, -0.2) is 9.55 Å². The van der Waals surface area contributed by atoms with Gasteiger partial charge in [-0.25, -0.2) is 0 Å². The van der Waals surface area contributed by atoms with Gasteiger partial charge in [0.2, 0.25) is 0 Å². The summed E-state index contributed by atoms with van der Waals surface area (Å²) in [6, 6.07) is 8.60. The summed E-state index contributed by atoms with van der Waals surface area (Å²) in [6.45, 7) is 0. The molecule has 16 heavy (non-hydrogen) atoms. The first-order chi connectivity index (χ1) is 7.77. The summed E-state index contributed by atoms with van der Waals surface area (Å²) in [4.78, 5) is 4.34. The number of rotatable bonds is 1. The molecule has 2 bridgehead atoms. The summed E-state index contributed by atoms with van der Waals surface area (Å²) in [7, 11) is 0. The first kappa shape index (κ1) is 8.35. The van der Waals surface area contributed by atoms with Crippen molar-refractivity contribution in [3.05, 3.63) is 30.6 Å². The fourth-order valence-corrected chi connectivity index (χ4v) is 3.49. The van der Waals surface area contributed by atoms with E-state index < -0.39 is 0 Å². The predicted octanol–water partition coefficient (Wildman–Crippen LogP) is 2.44. The predicted molar refractivity (Wildman–Crippen MR) is 59.6 cm³/mol. The van der Waals surface area contributed by atoms with Crippen molar-refractivity contribution in [3.8, 4) is 6.07 Å². The Labute approximate surface area is 93.3 Å². The molecule has 0 aromatic carbocycles. The summed E-state index contributed by atoms with van der Waals surface area (Å²) in [5.74, 6) is 0. The van der Waals surface area contributed by atoms with Crippen molar-refractivity contribution >= 4 is 11.0 Å². The zero-order valence-corrected chi connectivity index (χ0v) is 8.85. The Kier molecular flexibility index (Phi) is 1.20. The van der Waals surface area contributed by atoms with E-state index in [0.29, 0.717) is 0 Å².